The molecule has 0 radical (unpaired) electrons. The van der Waals surface area contributed by atoms with Crippen molar-refractivity contribution < 1.29 is 43.3 Å². The Kier molecular flexibility index (Phi) is 9.86. The highest BCUT2D eigenvalue weighted by Crippen LogP contribution is 2.27. The summed E-state index contributed by atoms with van der Waals surface area (Å²) < 4.78 is 10.9. The number of ketones is 1. The summed E-state index contributed by atoms with van der Waals surface area (Å²) in [6, 6.07) is 11.6. The number of ether oxygens (including phenoxy) is 2. The summed E-state index contributed by atoms with van der Waals surface area (Å²) in [6.07, 6.45) is 0.238. The number of likely N-dealkylation sites (N-methyl/N-ethyl adjacent to an activating group) is 1. The fourth-order valence-electron chi connectivity index (χ4n) is 4.88. The van der Waals surface area contributed by atoms with Crippen LogP contribution in [-0.2, 0) is 28.7 Å². The lowest BCUT2D eigenvalue weighted by molar-refractivity contribution is -0.176. The van der Waals surface area contributed by atoms with E-state index in [1.807, 2.05) is 0 Å². The number of nitrogens with one attached hydrogen (secondary N) is 2. The van der Waals surface area contributed by atoms with Crippen molar-refractivity contribution in [2.45, 2.75) is 50.2 Å². The highest BCUT2D eigenvalue weighted by molar-refractivity contribution is 5.98. The number of hydrazine groups is 1. The Hall–Kier alpha value is -4.78. The summed E-state index contributed by atoms with van der Waals surface area (Å²) in [5, 5.41) is 17.0. The fraction of sp³-hybridized carbons (Fsp3) is 0.379. The van der Waals surface area contributed by atoms with Gasteiger partial charge in [-0.25, -0.2) is 9.80 Å². The Morgan fingerprint density at radius 2 is 1.74 bits per heavy atom. The van der Waals surface area contributed by atoms with Crippen LogP contribution >= 0.6 is 0 Å². The van der Waals surface area contributed by atoms with E-state index in [2.05, 4.69) is 10.6 Å². The molecule has 0 unspecified atom stereocenters. The van der Waals surface area contributed by atoms with Gasteiger partial charge >= 0.3 is 11.9 Å². The van der Waals surface area contributed by atoms with E-state index in [4.69, 9.17) is 9.47 Å². The second-order valence-electron chi connectivity index (χ2n) is 9.85. The van der Waals surface area contributed by atoms with Gasteiger partial charge in [0.25, 0.3) is 5.91 Å². The molecule has 4 rings (SSSR count). The maximum absolute atomic E-state index is 13.4. The summed E-state index contributed by atoms with van der Waals surface area (Å²) in [6.45, 7) is -0.565. The molecule has 2 aliphatic heterocycles. The number of carboxylic acids is 1. The molecule has 2 aromatic rings. The number of hydrogen-bond acceptors (Lipinski definition) is 9. The van der Waals surface area contributed by atoms with E-state index in [0.717, 1.165) is 5.01 Å². The molecule has 3 amide bonds. The molecule has 3 atom stereocenters. The number of carbonyl (C=O) groups is 6. The van der Waals surface area contributed by atoms with Crippen LogP contribution in [0.5, 0.6) is 11.5 Å². The van der Waals surface area contributed by atoms with Crippen molar-refractivity contribution in [3.8, 4) is 11.5 Å². The Morgan fingerprint density at radius 3 is 2.45 bits per heavy atom. The maximum Gasteiger partial charge on any atom is 0.342 e. The first kappa shape index (κ1) is 30.2. The zero-order chi connectivity index (χ0) is 30.2. The molecule has 0 aromatic heterocycles. The molecule has 0 aliphatic carbocycles. The van der Waals surface area contributed by atoms with E-state index < -0.39 is 60.7 Å². The molecule has 222 valence electrons. The normalized spacial score (nSPS) is 19.3. The molecule has 2 fully saturated rings. The van der Waals surface area contributed by atoms with Crippen LogP contribution in [0.2, 0.25) is 0 Å². The summed E-state index contributed by atoms with van der Waals surface area (Å²) in [7, 11) is 1.58. The van der Waals surface area contributed by atoms with Gasteiger partial charge in [-0.1, -0.05) is 30.3 Å². The fourth-order valence-corrected chi connectivity index (χ4v) is 4.88. The van der Waals surface area contributed by atoms with Crippen molar-refractivity contribution in [1.29, 1.82) is 0 Å². The molecule has 42 heavy (non-hydrogen) atoms. The van der Waals surface area contributed by atoms with Crippen molar-refractivity contribution in [2.24, 2.45) is 0 Å². The van der Waals surface area contributed by atoms with Gasteiger partial charge in [-0.2, -0.15) is 0 Å². The zero-order valence-corrected chi connectivity index (χ0v) is 23.0. The molecule has 13 heteroatoms. The first-order valence-electron chi connectivity index (χ1n) is 13.5. The van der Waals surface area contributed by atoms with Crippen LogP contribution < -0.4 is 15.4 Å². The highest BCUT2D eigenvalue weighted by Gasteiger charge is 2.44. The van der Waals surface area contributed by atoms with Crippen LogP contribution in [0.25, 0.3) is 0 Å². The monoisotopic (exact) mass is 580 g/mol. The molecule has 2 heterocycles. The lowest BCUT2D eigenvalue weighted by Gasteiger charge is -2.43. The summed E-state index contributed by atoms with van der Waals surface area (Å²) >= 11 is 0. The third kappa shape index (κ3) is 7.10. The number of hydrogen-bond donors (Lipinski definition) is 3. The van der Waals surface area contributed by atoms with E-state index in [1.54, 1.807) is 55.6 Å². The molecule has 0 spiro atoms. The van der Waals surface area contributed by atoms with Crippen LogP contribution in [0.4, 0.5) is 0 Å². The van der Waals surface area contributed by atoms with E-state index >= 15 is 0 Å². The van der Waals surface area contributed by atoms with Gasteiger partial charge in [-0.15, -0.1) is 0 Å². The Bertz CT molecular complexity index is 1350. The van der Waals surface area contributed by atoms with Gasteiger partial charge in [0.05, 0.1) is 12.5 Å². The van der Waals surface area contributed by atoms with Crippen molar-refractivity contribution in [2.75, 3.05) is 20.2 Å². The third-order valence-corrected chi connectivity index (χ3v) is 7.02. The Balaban J connectivity index is 1.44. The number of aliphatic carboxylic acids is 1. The molecular weight excluding hydrogens is 548 g/mol. The number of Topliss-reactive ketones (excluding diaryl/α,β-unsaturated/α-hetero) is 1. The Morgan fingerprint density at radius 1 is 1.02 bits per heavy atom. The lowest BCUT2D eigenvalue weighted by Crippen LogP contribution is -2.64. The molecule has 0 bridgehead atoms. The Labute approximate surface area is 241 Å². The SMILES string of the molecule is CN[C@H]1CCC(=O)N2CCC[C@@H](C(=O)N[C@@H](CC(=O)O)C(=O)COC(=O)c3ccccc3Oc3ccccc3)N2C1=O. The number of amides is 3. The predicted molar refractivity (Wildman–Crippen MR) is 146 cm³/mol. The zero-order valence-electron chi connectivity index (χ0n) is 23.0. The van der Waals surface area contributed by atoms with E-state index in [1.165, 1.54) is 11.1 Å². The number of rotatable bonds is 11. The lowest BCUT2D eigenvalue weighted by atomic mass is 10.0. The van der Waals surface area contributed by atoms with Gasteiger partial charge in [0.2, 0.25) is 11.8 Å². The van der Waals surface area contributed by atoms with E-state index in [9.17, 15) is 33.9 Å². The van der Waals surface area contributed by atoms with Crippen LogP contribution in [0.1, 0.15) is 42.5 Å². The molecular formula is C29H32N4O9. The second-order valence-corrected chi connectivity index (χ2v) is 9.85. The molecule has 2 aromatic carbocycles. The van der Waals surface area contributed by atoms with Crippen molar-refractivity contribution in [1.82, 2.24) is 20.7 Å². The predicted octanol–water partition coefficient (Wildman–Crippen LogP) is 1.28. The number of carbonyl (C=O) groups excluding carboxylic acids is 5. The van der Waals surface area contributed by atoms with Gasteiger partial charge in [0.1, 0.15) is 29.1 Å². The largest absolute Gasteiger partial charge is 0.481 e. The topological polar surface area (TPSA) is 172 Å². The molecule has 3 N–H and O–H groups in total. The maximum atomic E-state index is 13.4. The molecule has 2 saturated heterocycles. The minimum absolute atomic E-state index is 0.0405. The summed E-state index contributed by atoms with van der Waals surface area (Å²) in [4.78, 5) is 76.6. The minimum Gasteiger partial charge on any atom is -0.481 e. The van der Waals surface area contributed by atoms with Crippen molar-refractivity contribution in [3.05, 3.63) is 60.2 Å². The minimum atomic E-state index is -1.55. The molecule has 0 saturated carbocycles. The summed E-state index contributed by atoms with van der Waals surface area (Å²) in [5.74, 6) is -4.01. The average Bonchev–Trinajstić information content (AvgIpc) is 3.11. The summed E-state index contributed by atoms with van der Waals surface area (Å²) in [5.41, 5.74) is 0.0405. The number of para-hydroxylation sites is 2. The van der Waals surface area contributed by atoms with Crippen LogP contribution in [0.3, 0.4) is 0 Å². The number of nitrogens with zero attached hydrogens (tertiary/aromatic N) is 2. The van der Waals surface area contributed by atoms with Crippen molar-refractivity contribution in [3.63, 3.8) is 0 Å². The second kappa shape index (κ2) is 13.7. The van der Waals surface area contributed by atoms with Crippen LogP contribution in [-0.4, -0.2) is 88.9 Å². The third-order valence-electron chi connectivity index (χ3n) is 7.02. The van der Waals surface area contributed by atoms with Gasteiger partial charge in [-0.3, -0.25) is 29.0 Å². The molecule has 13 nitrogen and oxygen atoms in total. The number of benzene rings is 2. The average molecular weight is 581 g/mol. The number of esters is 1. The van der Waals surface area contributed by atoms with Gasteiger partial charge in [-0.05, 0) is 50.6 Å². The first-order chi connectivity index (χ1) is 20.2. The number of fused-ring (bicyclic) bond motifs is 1. The number of carboxylic acid groups (broad SMARTS) is 1. The quantitative estimate of drug-likeness (QED) is 0.329. The highest BCUT2D eigenvalue weighted by atomic mass is 16.5. The van der Waals surface area contributed by atoms with Crippen LogP contribution in [0.15, 0.2) is 54.6 Å². The van der Waals surface area contributed by atoms with Gasteiger partial charge in [0, 0.05) is 13.0 Å². The standard InChI is InChI=1S/C29H32N4O9/c1-30-20-13-14-25(35)32-15-7-11-22(33(32)28(20)39)27(38)31-21(16-26(36)37)23(34)17-41-29(40)19-10-5-6-12-24(19)42-18-8-3-2-4-9-18/h2-6,8-10,12,20-22,30H,7,11,13-17H2,1H3,(H,31,38)(H,36,37)/t20-,21-,22-/m0/s1. The van der Waals surface area contributed by atoms with Crippen LogP contribution in [0, 0.1) is 0 Å². The van der Waals surface area contributed by atoms with Crippen molar-refractivity contribution >= 4 is 35.4 Å². The van der Waals surface area contributed by atoms with Gasteiger partial charge in [0.15, 0.2) is 12.4 Å². The molecule has 2 aliphatic rings. The smallest absolute Gasteiger partial charge is 0.342 e. The van der Waals surface area contributed by atoms with Gasteiger partial charge < -0.3 is 25.2 Å². The van der Waals surface area contributed by atoms with E-state index in [-0.39, 0.29) is 43.0 Å². The van der Waals surface area contributed by atoms with E-state index in [0.29, 0.717) is 12.2 Å². The first-order valence-corrected chi connectivity index (χ1v) is 13.5.